The lowest BCUT2D eigenvalue weighted by molar-refractivity contribution is -0.148. The Balaban J connectivity index is 1.82. The van der Waals surface area contributed by atoms with Crippen molar-refractivity contribution in [3.05, 3.63) is 30.3 Å². The molecule has 0 radical (unpaired) electrons. The van der Waals surface area contributed by atoms with Crippen molar-refractivity contribution < 1.29 is 17.9 Å². The lowest BCUT2D eigenvalue weighted by atomic mass is 10.0. The van der Waals surface area contributed by atoms with E-state index in [9.17, 15) is 13.2 Å². The lowest BCUT2D eigenvalue weighted by Crippen LogP contribution is -2.47. The van der Waals surface area contributed by atoms with Crippen molar-refractivity contribution >= 4 is 15.8 Å². The zero-order valence-electron chi connectivity index (χ0n) is 11.9. The summed E-state index contributed by atoms with van der Waals surface area (Å²) in [5, 5.41) is 2.88. The van der Waals surface area contributed by atoms with Gasteiger partial charge in [0.15, 0.2) is 9.84 Å². The molecule has 2 bridgehead atoms. The number of sulfone groups is 1. The number of rotatable bonds is 3. The summed E-state index contributed by atoms with van der Waals surface area (Å²) in [7, 11) is -3.35. The van der Waals surface area contributed by atoms with Crippen molar-refractivity contribution in [3.8, 4) is 0 Å². The minimum atomic E-state index is -3.35. The molecule has 0 aliphatic carbocycles. The largest absolute Gasteiger partial charge is 0.461 e. The molecule has 3 rings (SSSR count). The van der Waals surface area contributed by atoms with Crippen LogP contribution in [-0.2, 0) is 19.4 Å². The topological polar surface area (TPSA) is 72.5 Å². The minimum Gasteiger partial charge on any atom is -0.461 e. The molecule has 0 saturated carbocycles. The second-order valence-electron chi connectivity index (χ2n) is 5.74. The lowest BCUT2D eigenvalue weighted by Gasteiger charge is -2.29. The molecular formula is C15H19NO4S. The molecule has 1 N–H and O–H groups in total. The van der Waals surface area contributed by atoms with E-state index in [-0.39, 0.29) is 24.2 Å². The third-order valence-corrected chi connectivity index (χ3v) is 6.61. The van der Waals surface area contributed by atoms with Gasteiger partial charge in [0.05, 0.1) is 10.1 Å². The van der Waals surface area contributed by atoms with Gasteiger partial charge in [-0.1, -0.05) is 18.2 Å². The highest BCUT2D eigenvalue weighted by Crippen LogP contribution is 2.35. The van der Waals surface area contributed by atoms with E-state index in [2.05, 4.69) is 5.32 Å². The summed E-state index contributed by atoms with van der Waals surface area (Å²) in [6.07, 6.45) is 1.73. The number of benzene rings is 1. The second kappa shape index (κ2) is 5.42. The van der Waals surface area contributed by atoms with Gasteiger partial charge in [0.1, 0.15) is 6.10 Å². The molecule has 2 aliphatic heterocycles. The van der Waals surface area contributed by atoms with Crippen molar-refractivity contribution in [3.63, 3.8) is 0 Å². The fourth-order valence-electron chi connectivity index (χ4n) is 3.42. The molecule has 1 aromatic rings. The number of carbonyl (C=O) groups is 1. The van der Waals surface area contributed by atoms with Crippen LogP contribution in [0.5, 0.6) is 0 Å². The summed E-state index contributed by atoms with van der Waals surface area (Å²) in [4.78, 5) is 11.5. The highest BCUT2D eigenvalue weighted by Gasteiger charge is 2.48. The van der Waals surface area contributed by atoms with Crippen molar-refractivity contribution in [2.75, 3.05) is 0 Å². The summed E-state index contributed by atoms with van der Waals surface area (Å²) in [5.41, 5.74) is 0. The normalized spacial score (nSPS) is 31.9. The fourth-order valence-corrected chi connectivity index (χ4v) is 5.41. The summed E-state index contributed by atoms with van der Waals surface area (Å²) >= 11 is 0. The molecule has 1 aromatic carbocycles. The van der Waals surface area contributed by atoms with Gasteiger partial charge in [-0.25, -0.2) is 8.42 Å². The van der Waals surface area contributed by atoms with Gasteiger partial charge < -0.3 is 10.1 Å². The van der Waals surface area contributed by atoms with E-state index in [1.165, 1.54) is 6.92 Å². The van der Waals surface area contributed by atoms with E-state index in [1.807, 2.05) is 0 Å². The second-order valence-corrected chi connectivity index (χ2v) is 7.90. The van der Waals surface area contributed by atoms with Crippen LogP contribution in [-0.4, -0.2) is 37.8 Å². The third-order valence-electron chi connectivity index (χ3n) is 4.36. The molecule has 0 amide bonds. The van der Waals surface area contributed by atoms with Gasteiger partial charge in [-0.3, -0.25) is 4.79 Å². The van der Waals surface area contributed by atoms with Crippen LogP contribution in [0.3, 0.4) is 0 Å². The Morgan fingerprint density at radius 1 is 1.19 bits per heavy atom. The Labute approximate surface area is 124 Å². The summed E-state index contributed by atoms with van der Waals surface area (Å²) in [6.45, 7) is 1.39. The SMILES string of the molecule is CC(=O)O[C@H]1CC[C@H]2N[C@@H]1C[C@@H]2S(=O)(=O)c1ccccc1. The van der Waals surface area contributed by atoms with Crippen LogP contribution in [0.1, 0.15) is 26.2 Å². The van der Waals surface area contributed by atoms with E-state index < -0.39 is 15.1 Å². The highest BCUT2D eigenvalue weighted by molar-refractivity contribution is 7.92. The Bertz CT molecular complexity index is 628. The van der Waals surface area contributed by atoms with Crippen LogP contribution >= 0.6 is 0 Å². The first-order valence-corrected chi connectivity index (χ1v) is 8.75. The maximum atomic E-state index is 12.8. The van der Waals surface area contributed by atoms with Gasteiger partial charge >= 0.3 is 5.97 Å². The number of fused-ring (bicyclic) bond motifs is 2. The van der Waals surface area contributed by atoms with E-state index >= 15 is 0 Å². The van der Waals surface area contributed by atoms with Crippen molar-refractivity contribution in [2.24, 2.45) is 0 Å². The molecule has 6 heteroatoms. The predicted octanol–water partition coefficient (Wildman–Crippen LogP) is 1.28. The van der Waals surface area contributed by atoms with E-state index in [0.717, 1.165) is 6.42 Å². The molecule has 0 spiro atoms. The quantitative estimate of drug-likeness (QED) is 0.852. The zero-order valence-corrected chi connectivity index (χ0v) is 12.7. The van der Waals surface area contributed by atoms with Crippen molar-refractivity contribution in [1.82, 2.24) is 5.32 Å². The molecule has 5 nitrogen and oxygen atoms in total. The predicted molar refractivity (Wildman–Crippen MR) is 77.5 cm³/mol. The summed E-state index contributed by atoms with van der Waals surface area (Å²) in [5.74, 6) is -0.311. The van der Waals surface area contributed by atoms with Gasteiger partial charge in [0.25, 0.3) is 0 Å². The molecular weight excluding hydrogens is 290 g/mol. The first-order chi connectivity index (χ1) is 9.98. The van der Waals surface area contributed by atoms with Gasteiger partial charge in [-0.2, -0.15) is 0 Å². The van der Waals surface area contributed by atoms with Crippen LogP contribution in [0.15, 0.2) is 35.2 Å². The van der Waals surface area contributed by atoms with E-state index in [4.69, 9.17) is 4.74 Å². The molecule has 0 aromatic heterocycles. The van der Waals surface area contributed by atoms with Crippen LogP contribution in [0.4, 0.5) is 0 Å². The Kier molecular flexibility index (Phi) is 3.75. The van der Waals surface area contributed by atoms with E-state index in [0.29, 0.717) is 17.7 Å². The first-order valence-electron chi connectivity index (χ1n) is 7.20. The number of nitrogens with one attached hydrogen (secondary N) is 1. The number of carbonyl (C=O) groups excluding carboxylic acids is 1. The standard InChI is InChI=1S/C15H19NO4S/c1-10(17)20-14-8-7-12-15(9-13(14)16-12)21(18,19)11-5-3-2-4-6-11/h2-6,12-16H,7-9H2,1H3/t12-,13-,14+,15+/m1/s1. The maximum Gasteiger partial charge on any atom is 0.302 e. The molecule has 21 heavy (non-hydrogen) atoms. The number of esters is 1. The van der Waals surface area contributed by atoms with Gasteiger partial charge in [-0.15, -0.1) is 0 Å². The Morgan fingerprint density at radius 3 is 2.57 bits per heavy atom. The van der Waals surface area contributed by atoms with Gasteiger partial charge in [0.2, 0.25) is 0 Å². The smallest absolute Gasteiger partial charge is 0.302 e. The molecule has 114 valence electrons. The zero-order chi connectivity index (χ0) is 15.0. The third kappa shape index (κ3) is 2.70. The van der Waals surface area contributed by atoms with Crippen molar-refractivity contribution in [2.45, 2.75) is 54.5 Å². The fraction of sp³-hybridized carbons (Fsp3) is 0.533. The molecule has 2 heterocycles. The molecule has 2 saturated heterocycles. The summed E-state index contributed by atoms with van der Waals surface area (Å²) in [6, 6.07) is 8.46. The van der Waals surface area contributed by atoms with E-state index in [1.54, 1.807) is 30.3 Å². The van der Waals surface area contributed by atoms with Crippen LogP contribution in [0.2, 0.25) is 0 Å². The first kappa shape index (κ1) is 14.5. The maximum absolute atomic E-state index is 12.8. The van der Waals surface area contributed by atoms with Crippen LogP contribution < -0.4 is 5.32 Å². The molecule has 2 aliphatic rings. The number of piperidine rings is 1. The van der Waals surface area contributed by atoms with Crippen molar-refractivity contribution in [1.29, 1.82) is 0 Å². The highest BCUT2D eigenvalue weighted by atomic mass is 32.2. The Hall–Kier alpha value is -1.40. The van der Waals surface area contributed by atoms with Crippen LogP contribution in [0, 0.1) is 0 Å². The molecule has 2 fully saturated rings. The monoisotopic (exact) mass is 309 g/mol. The van der Waals surface area contributed by atoms with Crippen LogP contribution in [0.25, 0.3) is 0 Å². The minimum absolute atomic E-state index is 0.0491. The number of ether oxygens (including phenoxy) is 1. The van der Waals surface area contributed by atoms with Gasteiger partial charge in [0, 0.05) is 19.0 Å². The van der Waals surface area contributed by atoms with Gasteiger partial charge in [-0.05, 0) is 31.4 Å². The Morgan fingerprint density at radius 2 is 1.90 bits per heavy atom. The molecule has 4 atom stereocenters. The molecule has 0 unspecified atom stereocenters. The summed E-state index contributed by atoms with van der Waals surface area (Å²) < 4.78 is 30.8. The number of hydrogen-bond donors (Lipinski definition) is 1. The number of hydrogen-bond acceptors (Lipinski definition) is 5. The average molecular weight is 309 g/mol. The average Bonchev–Trinajstić information content (AvgIpc) is 2.82.